The molecular formula is C12H30N2. The standard InChI is InChI=1S/C8H18N2.2C2H6/c1-9-8(5-4-6-8)7-10(2)3;2*1-2/h9H,4-7H2,1-3H3;2*1-2H3. The molecule has 2 heteroatoms. The van der Waals surface area contributed by atoms with Gasteiger partial charge in [-0.05, 0) is 40.4 Å². The van der Waals surface area contributed by atoms with E-state index >= 15 is 0 Å². The van der Waals surface area contributed by atoms with Gasteiger partial charge in [-0.15, -0.1) is 0 Å². The van der Waals surface area contributed by atoms with E-state index in [1.807, 2.05) is 27.7 Å². The molecule has 0 amide bonds. The van der Waals surface area contributed by atoms with Gasteiger partial charge in [0, 0.05) is 12.1 Å². The molecule has 0 spiro atoms. The molecule has 1 saturated carbocycles. The number of nitrogens with one attached hydrogen (secondary N) is 1. The van der Waals surface area contributed by atoms with Crippen LogP contribution >= 0.6 is 0 Å². The summed E-state index contributed by atoms with van der Waals surface area (Å²) >= 11 is 0. The van der Waals surface area contributed by atoms with Crippen LogP contribution in [-0.4, -0.2) is 38.1 Å². The molecule has 1 aliphatic rings. The zero-order valence-electron chi connectivity index (χ0n) is 11.3. The Morgan fingerprint density at radius 3 is 1.57 bits per heavy atom. The highest BCUT2D eigenvalue weighted by Crippen LogP contribution is 2.31. The lowest BCUT2D eigenvalue weighted by Gasteiger charge is -2.43. The summed E-state index contributed by atoms with van der Waals surface area (Å²) in [6, 6.07) is 0. The van der Waals surface area contributed by atoms with Crippen LogP contribution in [0, 0.1) is 0 Å². The van der Waals surface area contributed by atoms with Crippen LogP contribution in [0.1, 0.15) is 47.0 Å². The summed E-state index contributed by atoms with van der Waals surface area (Å²) < 4.78 is 0. The fourth-order valence-electron chi connectivity index (χ4n) is 1.70. The minimum absolute atomic E-state index is 0.462. The summed E-state index contributed by atoms with van der Waals surface area (Å²) in [5, 5.41) is 3.40. The largest absolute Gasteiger partial charge is 0.313 e. The first-order chi connectivity index (χ1) is 6.68. The number of likely N-dealkylation sites (N-methyl/N-ethyl adjacent to an activating group) is 2. The Morgan fingerprint density at radius 2 is 1.50 bits per heavy atom. The summed E-state index contributed by atoms with van der Waals surface area (Å²) in [4.78, 5) is 2.26. The van der Waals surface area contributed by atoms with Crippen LogP contribution in [0.15, 0.2) is 0 Å². The van der Waals surface area contributed by atoms with Crippen LogP contribution in [0.2, 0.25) is 0 Å². The van der Waals surface area contributed by atoms with Gasteiger partial charge >= 0.3 is 0 Å². The second-order valence-corrected chi connectivity index (χ2v) is 3.62. The number of hydrogen-bond acceptors (Lipinski definition) is 2. The topological polar surface area (TPSA) is 15.3 Å². The van der Waals surface area contributed by atoms with E-state index in [9.17, 15) is 0 Å². The van der Waals surface area contributed by atoms with E-state index in [1.165, 1.54) is 25.8 Å². The van der Waals surface area contributed by atoms with Crippen molar-refractivity contribution in [1.82, 2.24) is 10.2 Å². The predicted molar refractivity (Wildman–Crippen MR) is 66.9 cm³/mol. The van der Waals surface area contributed by atoms with E-state index < -0.39 is 0 Å². The summed E-state index contributed by atoms with van der Waals surface area (Å²) in [6.07, 6.45) is 4.10. The first kappa shape index (κ1) is 16.4. The lowest BCUT2D eigenvalue weighted by atomic mass is 9.76. The van der Waals surface area contributed by atoms with Crippen molar-refractivity contribution >= 4 is 0 Å². The van der Waals surface area contributed by atoms with Gasteiger partial charge in [-0.2, -0.15) is 0 Å². The summed E-state index contributed by atoms with van der Waals surface area (Å²) in [6.45, 7) is 9.18. The zero-order chi connectivity index (χ0) is 11.6. The van der Waals surface area contributed by atoms with Crippen molar-refractivity contribution in [3.8, 4) is 0 Å². The van der Waals surface area contributed by atoms with Gasteiger partial charge in [0.1, 0.15) is 0 Å². The molecule has 0 atom stereocenters. The van der Waals surface area contributed by atoms with Crippen molar-refractivity contribution in [2.24, 2.45) is 0 Å². The molecule has 1 rings (SSSR count). The first-order valence-corrected chi connectivity index (χ1v) is 6.02. The third-order valence-electron chi connectivity index (χ3n) is 2.46. The van der Waals surface area contributed by atoms with Crippen LogP contribution < -0.4 is 5.32 Å². The third kappa shape index (κ3) is 5.61. The molecular weight excluding hydrogens is 172 g/mol. The maximum atomic E-state index is 3.40. The molecule has 0 aliphatic heterocycles. The molecule has 0 aromatic carbocycles. The quantitative estimate of drug-likeness (QED) is 0.757. The lowest BCUT2D eigenvalue weighted by Crippen LogP contribution is -2.55. The van der Waals surface area contributed by atoms with Gasteiger partial charge < -0.3 is 10.2 Å². The zero-order valence-corrected chi connectivity index (χ0v) is 11.3. The molecule has 1 N–H and O–H groups in total. The normalized spacial score (nSPS) is 17.1. The highest BCUT2D eigenvalue weighted by atomic mass is 15.1. The molecule has 0 unspecified atom stereocenters. The molecule has 0 radical (unpaired) electrons. The monoisotopic (exact) mass is 202 g/mol. The van der Waals surface area contributed by atoms with Gasteiger partial charge in [-0.3, -0.25) is 0 Å². The molecule has 0 bridgehead atoms. The molecule has 1 fully saturated rings. The highest BCUT2D eigenvalue weighted by Gasteiger charge is 2.35. The Kier molecular flexibility index (Phi) is 11.1. The third-order valence-corrected chi connectivity index (χ3v) is 2.46. The van der Waals surface area contributed by atoms with Gasteiger partial charge in [0.25, 0.3) is 0 Å². The van der Waals surface area contributed by atoms with Crippen LogP contribution in [0.4, 0.5) is 0 Å². The molecule has 88 valence electrons. The second kappa shape index (κ2) is 9.47. The molecule has 0 aromatic rings. The molecule has 14 heavy (non-hydrogen) atoms. The molecule has 0 aromatic heterocycles. The van der Waals surface area contributed by atoms with Crippen molar-refractivity contribution < 1.29 is 0 Å². The van der Waals surface area contributed by atoms with Gasteiger partial charge in [-0.25, -0.2) is 0 Å². The smallest absolute Gasteiger partial charge is 0.0305 e. The van der Waals surface area contributed by atoms with Gasteiger partial charge in [-0.1, -0.05) is 27.7 Å². The molecule has 1 aliphatic carbocycles. The van der Waals surface area contributed by atoms with E-state index in [4.69, 9.17) is 0 Å². The van der Waals surface area contributed by atoms with E-state index in [2.05, 4.69) is 31.4 Å². The van der Waals surface area contributed by atoms with Crippen LogP contribution in [0.3, 0.4) is 0 Å². The molecule has 0 heterocycles. The van der Waals surface area contributed by atoms with Crippen molar-refractivity contribution in [2.45, 2.75) is 52.5 Å². The Labute approximate surface area is 91.1 Å². The van der Waals surface area contributed by atoms with Gasteiger partial charge in [0.15, 0.2) is 0 Å². The number of rotatable bonds is 3. The summed E-state index contributed by atoms with van der Waals surface area (Å²) in [5.74, 6) is 0. The SMILES string of the molecule is CC.CC.CNC1(CN(C)C)CCC1. The minimum Gasteiger partial charge on any atom is -0.313 e. The maximum Gasteiger partial charge on any atom is 0.0305 e. The number of nitrogens with zero attached hydrogens (tertiary/aromatic N) is 1. The number of hydrogen-bond donors (Lipinski definition) is 1. The molecule has 0 saturated heterocycles. The van der Waals surface area contributed by atoms with Crippen LogP contribution in [-0.2, 0) is 0 Å². The Morgan fingerprint density at radius 1 is 1.07 bits per heavy atom. The summed E-state index contributed by atoms with van der Waals surface area (Å²) in [5.41, 5.74) is 0.462. The fourth-order valence-corrected chi connectivity index (χ4v) is 1.70. The van der Waals surface area contributed by atoms with E-state index in [0.29, 0.717) is 5.54 Å². The maximum absolute atomic E-state index is 3.40. The van der Waals surface area contributed by atoms with Crippen molar-refractivity contribution in [2.75, 3.05) is 27.7 Å². The highest BCUT2D eigenvalue weighted by molar-refractivity contribution is 4.96. The van der Waals surface area contributed by atoms with E-state index in [1.54, 1.807) is 0 Å². The fraction of sp³-hybridized carbons (Fsp3) is 1.00. The molecule has 2 nitrogen and oxygen atoms in total. The lowest BCUT2D eigenvalue weighted by molar-refractivity contribution is 0.146. The summed E-state index contributed by atoms with van der Waals surface area (Å²) in [7, 11) is 6.34. The Balaban J connectivity index is 0. The van der Waals surface area contributed by atoms with Gasteiger partial charge in [0.05, 0.1) is 0 Å². The Bertz CT molecular complexity index is 101. The first-order valence-electron chi connectivity index (χ1n) is 6.02. The predicted octanol–water partition coefficient (Wildman–Crippen LogP) is 2.74. The van der Waals surface area contributed by atoms with E-state index in [0.717, 1.165) is 0 Å². The van der Waals surface area contributed by atoms with Crippen molar-refractivity contribution in [3.63, 3.8) is 0 Å². The average molecular weight is 202 g/mol. The van der Waals surface area contributed by atoms with Crippen molar-refractivity contribution in [3.05, 3.63) is 0 Å². The van der Waals surface area contributed by atoms with Crippen LogP contribution in [0.5, 0.6) is 0 Å². The Hall–Kier alpha value is -0.0800. The van der Waals surface area contributed by atoms with E-state index in [-0.39, 0.29) is 0 Å². The van der Waals surface area contributed by atoms with Crippen molar-refractivity contribution in [1.29, 1.82) is 0 Å². The average Bonchev–Trinajstić information content (AvgIpc) is 2.18. The second-order valence-electron chi connectivity index (χ2n) is 3.62. The van der Waals surface area contributed by atoms with Gasteiger partial charge in [0.2, 0.25) is 0 Å². The minimum atomic E-state index is 0.462. The van der Waals surface area contributed by atoms with Crippen LogP contribution in [0.25, 0.3) is 0 Å².